The number of allylic oxidation sites excluding steroid dienone is 1. The van der Waals surface area contributed by atoms with E-state index in [2.05, 4.69) is 36.5 Å². The van der Waals surface area contributed by atoms with Gasteiger partial charge < -0.3 is 19.7 Å². The minimum atomic E-state index is -0.746. The largest absolute Gasteiger partial charge is 0.467 e. The Morgan fingerprint density at radius 3 is 2.66 bits per heavy atom. The Hall–Kier alpha value is -2.87. The summed E-state index contributed by atoms with van der Waals surface area (Å²) in [5.74, 6) is -0.280. The van der Waals surface area contributed by atoms with Crippen molar-refractivity contribution in [2.24, 2.45) is 5.92 Å². The number of hydrogen-bond acceptors (Lipinski definition) is 6. The summed E-state index contributed by atoms with van der Waals surface area (Å²) in [6.45, 7) is 3.35. The van der Waals surface area contributed by atoms with E-state index in [0.717, 1.165) is 68.1 Å². The zero-order valence-corrected chi connectivity index (χ0v) is 22.7. The number of benzene rings is 1. The van der Waals surface area contributed by atoms with Crippen LogP contribution < -0.4 is 5.32 Å². The fraction of sp³-hybridized carbons (Fsp3) is 0.633. The van der Waals surface area contributed by atoms with Crippen molar-refractivity contribution in [3.8, 4) is 0 Å². The van der Waals surface area contributed by atoms with Crippen LogP contribution in [0, 0.1) is 5.92 Å². The molecule has 1 N–H and O–H groups in total. The smallest absolute Gasteiger partial charge is 0.410 e. The summed E-state index contributed by atoms with van der Waals surface area (Å²) in [6, 6.07) is 5.29. The van der Waals surface area contributed by atoms with E-state index in [4.69, 9.17) is 9.47 Å². The Balaban J connectivity index is 1.40. The van der Waals surface area contributed by atoms with Crippen LogP contribution in [0.5, 0.6) is 0 Å². The van der Waals surface area contributed by atoms with Gasteiger partial charge in [0.05, 0.1) is 26.2 Å². The molecule has 1 saturated heterocycles. The Morgan fingerprint density at radius 1 is 1.08 bits per heavy atom. The van der Waals surface area contributed by atoms with Gasteiger partial charge in [0.25, 0.3) is 0 Å². The molecule has 4 aliphatic rings. The monoisotopic (exact) mass is 523 g/mol. The Kier molecular flexibility index (Phi) is 8.36. The quantitative estimate of drug-likeness (QED) is 0.578. The molecule has 3 aliphatic heterocycles. The van der Waals surface area contributed by atoms with Gasteiger partial charge in [-0.3, -0.25) is 9.69 Å². The first-order valence-corrected chi connectivity index (χ1v) is 14.3. The highest BCUT2D eigenvalue weighted by atomic mass is 16.6. The van der Waals surface area contributed by atoms with Crippen molar-refractivity contribution in [3.05, 3.63) is 41.0 Å². The summed E-state index contributed by atoms with van der Waals surface area (Å²) >= 11 is 0. The SMILES string of the molecule is COC(=O)[C@@H]1C[C@@H]2CN1C(=O)[C@H](C1CCCC1)N[C@H](C)CCCC/C=C/c1cccc3c1CN(C3)C(=O)O2. The molecule has 1 aromatic rings. The second-order valence-corrected chi connectivity index (χ2v) is 11.4. The predicted octanol–water partition coefficient (Wildman–Crippen LogP) is 4.41. The maximum atomic E-state index is 14.0. The Labute approximate surface area is 225 Å². The molecule has 2 fully saturated rings. The number of nitrogens with one attached hydrogen (secondary N) is 1. The summed E-state index contributed by atoms with van der Waals surface area (Å²) in [5, 5.41) is 3.64. The highest BCUT2D eigenvalue weighted by Gasteiger charge is 2.46. The van der Waals surface area contributed by atoms with E-state index in [1.165, 1.54) is 7.11 Å². The van der Waals surface area contributed by atoms with E-state index >= 15 is 0 Å². The van der Waals surface area contributed by atoms with Gasteiger partial charge in [-0.25, -0.2) is 9.59 Å². The molecule has 0 aromatic heterocycles. The molecule has 1 aliphatic carbocycles. The number of fused-ring (bicyclic) bond motifs is 3. The van der Waals surface area contributed by atoms with Crippen LogP contribution >= 0.6 is 0 Å². The second kappa shape index (κ2) is 11.9. The zero-order valence-electron chi connectivity index (χ0n) is 22.7. The van der Waals surface area contributed by atoms with Gasteiger partial charge >= 0.3 is 12.1 Å². The third-order valence-corrected chi connectivity index (χ3v) is 8.72. The number of hydrogen-bond donors (Lipinski definition) is 1. The minimum Gasteiger partial charge on any atom is -0.467 e. The van der Waals surface area contributed by atoms with Crippen molar-refractivity contribution in [3.63, 3.8) is 0 Å². The van der Waals surface area contributed by atoms with Gasteiger partial charge in [-0.05, 0) is 61.6 Å². The standard InChI is InChI=1S/C30H41N3O5/c1-20-10-5-3-4-6-11-21-14-9-15-23-17-32(19-25(21)23)30(36)38-24-16-26(29(35)37-2)33(18-24)28(34)27(31-20)22-12-7-8-13-22/h6,9,11,14-15,20,22,24,26-27,31H,3-5,7-8,10,12-13,16-19H2,1-2H3/b11-6+/t20-,24-,26+,27+/m1/s1. The Bertz CT molecular complexity index is 1070. The van der Waals surface area contributed by atoms with Crippen molar-refractivity contribution in [1.82, 2.24) is 15.1 Å². The molecule has 0 spiro atoms. The van der Waals surface area contributed by atoms with Gasteiger partial charge in [0.2, 0.25) is 5.91 Å². The van der Waals surface area contributed by atoms with Crippen LogP contribution in [0.4, 0.5) is 4.79 Å². The molecular weight excluding hydrogens is 482 g/mol. The number of carbonyl (C=O) groups excluding carboxylic acids is 3. The number of esters is 1. The molecule has 38 heavy (non-hydrogen) atoms. The van der Waals surface area contributed by atoms with E-state index in [1.807, 2.05) is 6.07 Å². The first-order valence-electron chi connectivity index (χ1n) is 14.3. The van der Waals surface area contributed by atoms with Crippen LogP contribution in [0.25, 0.3) is 6.08 Å². The topological polar surface area (TPSA) is 88.2 Å². The van der Waals surface area contributed by atoms with Gasteiger partial charge in [-0.15, -0.1) is 0 Å². The summed E-state index contributed by atoms with van der Waals surface area (Å²) in [7, 11) is 1.34. The molecule has 4 bridgehead atoms. The van der Waals surface area contributed by atoms with Gasteiger partial charge in [-0.2, -0.15) is 0 Å². The fourth-order valence-electron chi connectivity index (χ4n) is 6.63. The summed E-state index contributed by atoms with van der Waals surface area (Å²) in [6.07, 6.45) is 12.1. The molecule has 5 rings (SSSR count). The van der Waals surface area contributed by atoms with Gasteiger partial charge in [-0.1, -0.05) is 49.6 Å². The third kappa shape index (κ3) is 5.75. The Morgan fingerprint density at radius 2 is 1.87 bits per heavy atom. The summed E-state index contributed by atoms with van der Waals surface area (Å²) in [5.41, 5.74) is 3.44. The van der Waals surface area contributed by atoms with Crippen molar-refractivity contribution < 1.29 is 23.9 Å². The van der Waals surface area contributed by atoms with Crippen molar-refractivity contribution in [2.45, 2.75) is 102 Å². The van der Waals surface area contributed by atoms with E-state index in [1.54, 1.807) is 9.80 Å². The molecule has 0 radical (unpaired) electrons. The molecule has 8 heteroatoms. The lowest BCUT2D eigenvalue weighted by Gasteiger charge is -2.33. The maximum absolute atomic E-state index is 14.0. The summed E-state index contributed by atoms with van der Waals surface area (Å²) in [4.78, 5) is 43.3. The molecule has 206 valence electrons. The van der Waals surface area contributed by atoms with E-state index in [0.29, 0.717) is 13.1 Å². The van der Waals surface area contributed by atoms with E-state index < -0.39 is 24.2 Å². The maximum Gasteiger partial charge on any atom is 0.410 e. The number of rotatable bonds is 2. The highest BCUT2D eigenvalue weighted by Crippen LogP contribution is 2.33. The molecule has 0 unspecified atom stereocenters. The first-order chi connectivity index (χ1) is 18.4. The molecule has 8 nitrogen and oxygen atoms in total. The van der Waals surface area contributed by atoms with E-state index in [-0.39, 0.29) is 36.9 Å². The number of nitrogens with zero attached hydrogens (tertiary/aromatic N) is 2. The number of ether oxygens (including phenoxy) is 2. The van der Waals surface area contributed by atoms with Crippen molar-refractivity contribution in [1.29, 1.82) is 0 Å². The number of methoxy groups -OCH3 is 1. The lowest BCUT2D eigenvalue weighted by molar-refractivity contribution is -0.152. The van der Waals surface area contributed by atoms with Gasteiger partial charge in [0.15, 0.2) is 0 Å². The molecule has 2 amide bonds. The number of amides is 2. The second-order valence-electron chi connectivity index (χ2n) is 11.4. The summed E-state index contributed by atoms with van der Waals surface area (Å²) < 4.78 is 11.0. The molecular formula is C30H41N3O5. The predicted molar refractivity (Wildman–Crippen MR) is 144 cm³/mol. The van der Waals surface area contributed by atoms with E-state index in [9.17, 15) is 14.4 Å². The highest BCUT2D eigenvalue weighted by molar-refractivity contribution is 5.88. The number of carbonyl (C=O) groups is 3. The molecule has 1 saturated carbocycles. The lowest BCUT2D eigenvalue weighted by Crippen LogP contribution is -2.55. The average Bonchev–Trinajstić information content (AvgIpc) is 3.67. The van der Waals surface area contributed by atoms with Crippen LogP contribution in [0.1, 0.15) is 81.4 Å². The van der Waals surface area contributed by atoms with Crippen molar-refractivity contribution in [2.75, 3.05) is 13.7 Å². The minimum absolute atomic E-state index is 0.0724. The van der Waals surface area contributed by atoms with Crippen molar-refractivity contribution >= 4 is 24.0 Å². The average molecular weight is 524 g/mol. The normalized spacial score (nSPS) is 29.9. The van der Waals surface area contributed by atoms with Crippen LogP contribution in [-0.4, -0.2) is 65.7 Å². The fourth-order valence-corrected chi connectivity index (χ4v) is 6.63. The first kappa shape index (κ1) is 26.7. The van der Waals surface area contributed by atoms with Crippen LogP contribution in [0.15, 0.2) is 24.3 Å². The van der Waals surface area contributed by atoms with Crippen LogP contribution in [0.3, 0.4) is 0 Å². The molecule has 3 heterocycles. The molecule has 1 aromatic carbocycles. The van der Waals surface area contributed by atoms with Gasteiger partial charge in [0.1, 0.15) is 12.1 Å². The third-order valence-electron chi connectivity index (χ3n) is 8.72. The van der Waals surface area contributed by atoms with Gasteiger partial charge in [0, 0.05) is 19.0 Å². The van der Waals surface area contributed by atoms with Crippen LogP contribution in [0.2, 0.25) is 0 Å². The van der Waals surface area contributed by atoms with Crippen LogP contribution in [-0.2, 0) is 32.2 Å². The molecule has 4 atom stereocenters. The lowest BCUT2D eigenvalue weighted by atomic mass is 9.95. The zero-order chi connectivity index (χ0) is 26.6.